The molecule has 2 heterocycles. The number of ether oxygens (including phenoxy) is 3. The second kappa shape index (κ2) is 11.4. The van der Waals surface area contributed by atoms with Gasteiger partial charge in [-0.05, 0) is 61.2 Å². The number of carbonyl (C=O) groups excluding carboxylic acids is 2. The fourth-order valence-corrected chi connectivity index (χ4v) is 5.22. The number of thioether (sulfide) groups is 1. The SMILES string of the molecule is COc1cc(/C=C2\SC(=S)N(C[C@H]3CCCO3)C2=O)ccc1OCC(=O)Nc1cccc(Cl)c1C. The van der Waals surface area contributed by atoms with Crippen LogP contribution in [0.15, 0.2) is 41.3 Å². The molecule has 0 radical (unpaired) electrons. The van der Waals surface area contributed by atoms with Gasteiger partial charge in [0.15, 0.2) is 18.1 Å². The summed E-state index contributed by atoms with van der Waals surface area (Å²) in [6.45, 7) is 2.83. The number of anilines is 1. The van der Waals surface area contributed by atoms with Crippen molar-refractivity contribution in [1.29, 1.82) is 0 Å². The second-order valence-electron chi connectivity index (χ2n) is 8.09. The minimum atomic E-state index is -0.323. The third-order valence-corrected chi connectivity index (χ3v) is 7.46. The molecule has 10 heteroatoms. The summed E-state index contributed by atoms with van der Waals surface area (Å²) in [4.78, 5) is 27.4. The number of benzene rings is 2. The molecular weight excluding hydrogens is 508 g/mol. The van der Waals surface area contributed by atoms with Crippen molar-refractivity contribution in [3.8, 4) is 11.5 Å². The molecular formula is C25H25ClN2O5S2. The number of nitrogens with zero attached hydrogens (tertiary/aromatic N) is 1. The highest BCUT2D eigenvalue weighted by molar-refractivity contribution is 8.26. The highest BCUT2D eigenvalue weighted by atomic mass is 35.5. The van der Waals surface area contributed by atoms with Crippen LogP contribution in [0.4, 0.5) is 5.69 Å². The molecule has 1 N–H and O–H groups in total. The summed E-state index contributed by atoms with van der Waals surface area (Å²) in [7, 11) is 1.52. The molecule has 2 aromatic carbocycles. The van der Waals surface area contributed by atoms with E-state index in [0.29, 0.717) is 38.0 Å². The van der Waals surface area contributed by atoms with Gasteiger partial charge in [0.2, 0.25) is 0 Å². The van der Waals surface area contributed by atoms with E-state index in [9.17, 15) is 9.59 Å². The number of nitrogens with one attached hydrogen (secondary N) is 1. The van der Waals surface area contributed by atoms with Gasteiger partial charge in [-0.15, -0.1) is 0 Å². The predicted octanol–water partition coefficient (Wildman–Crippen LogP) is 5.05. The zero-order chi connectivity index (χ0) is 24.9. The van der Waals surface area contributed by atoms with Crippen molar-refractivity contribution in [3.63, 3.8) is 0 Å². The number of hydrogen-bond acceptors (Lipinski definition) is 7. The predicted molar refractivity (Wildman–Crippen MR) is 142 cm³/mol. The first-order valence-electron chi connectivity index (χ1n) is 11.1. The van der Waals surface area contributed by atoms with Crippen LogP contribution in [0.25, 0.3) is 6.08 Å². The van der Waals surface area contributed by atoms with E-state index in [-0.39, 0.29) is 24.5 Å². The van der Waals surface area contributed by atoms with E-state index in [0.717, 1.165) is 30.6 Å². The highest BCUT2D eigenvalue weighted by Crippen LogP contribution is 2.35. The second-order valence-corrected chi connectivity index (χ2v) is 10.2. The van der Waals surface area contributed by atoms with Gasteiger partial charge in [0, 0.05) is 17.3 Å². The molecule has 4 rings (SSSR count). The number of rotatable bonds is 8. The average molecular weight is 533 g/mol. The number of amides is 2. The average Bonchev–Trinajstić information content (AvgIpc) is 3.45. The summed E-state index contributed by atoms with van der Waals surface area (Å²) in [6, 6.07) is 10.6. The number of carbonyl (C=O) groups is 2. The molecule has 2 amide bonds. The molecule has 184 valence electrons. The van der Waals surface area contributed by atoms with Gasteiger partial charge in [-0.1, -0.05) is 47.7 Å². The minimum Gasteiger partial charge on any atom is -0.493 e. The normalized spacial score (nSPS) is 18.9. The number of methoxy groups -OCH3 is 1. The van der Waals surface area contributed by atoms with Crippen LogP contribution in [0.3, 0.4) is 0 Å². The molecule has 0 unspecified atom stereocenters. The standard InChI is InChI=1S/C25H25ClN2O5S2/c1-15-18(26)6-3-7-19(15)27-23(29)14-33-20-9-8-16(11-21(20)31-2)12-22-24(30)28(25(34)35-22)13-17-5-4-10-32-17/h3,6-9,11-12,17H,4-5,10,13-14H2,1-2H3,(H,27,29)/b22-12-/t17-/m1/s1. The van der Waals surface area contributed by atoms with Gasteiger partial charge in [0.05, 0.1) is 24.7 Å². The maximum absolute atomic E-state index is 12.9. The first-order chi connectivity index (χ1) is 16.9. The van der Waals surface area contributed by atoms with E-state index in [2.05, 4.69) is 5.32 Å². The lowest BCUT2D eigenvalue weighted by atomic mass is 10.1. The highest BCUT2D eigenvalue weighted by Gasteiger charge is 2.34. The lowest BCUT2D eigenvalue weighted by molar-refractivity contribution is -0.123. The van der Waals surface area contributed by atoms with E-state index in [1.54, 1.807) is 47.4 Å². The number of thiocarbonyl (C=S) groups is 1. The quantitative estimate of drug-likeness (QED) is 0.376. The van der Waals surface area contributed by atoms with Crippen LogP contribution in [-0.4, -0.2) is 54.0 Å². The molecule has 2 saturated heterocycles. The van der Waals surface area contributed by atoms with Crippen LogP contribution in [0.1, 0.15) is 24.0 Å². The first kappa shape index (κ1) is 25.5. The Balaban J connectivity index is 1.40. The summed E-state index contributed by atoms with van der Waals surface area (Å²) >= 11 is 12.8. The molecule has 0 spiro atoms. The van der Waals surface area contributed by atoms with Gasteiger partial charge in [0.1, 0.15) is 4.32 Å². The van der Waals surface area contributed by atoms with Crippen LogP contribution < -0.4 is 14.8 Å². The maximum Gasteiger partial charge on any atom is 0.266 e. The lowest BCUT2D eigenvalue weighted by Crippen LogP contribution is -2.35. The topological polar surface area (TPSA) is 77.1 Å². The third-order valence-electron chi connectivity index (χ3n) is 5.67. The van der Waals surface area contributed by atoms with E-state index < -0.39 is 0 Å². The van der Waals surface area contributed by atoms with Crippen molar-refractivity contribution in [2.45, 2.75) is 25.9 Å². The Kier molecular flexibility index (Phi) is 8.33. The van der Waals surface area contributed by atoms with Crippen LogP contribution in [0.5, 0.6) is 11.5 Å². The zero-order valence-corrected chi connectivity index (χ0v) is 21.7. The molecule has 0 aromatic heterocycles. The van der Waals surface area contributed by atoms with Crippen molar-refractivity contribution < 1.29 is 23.8 Å². The van der Waals surface area contributed by atoms with Crippen LogP contribution >= 0.6 is 35.6 Å². The monoisotopic (exact) mass is 532 g/mol. The molecule has 35 heavy (non-hydrogen) atoms. The Morgan fingerprint density at radius 3 is 2.91 bits per heavy atom. The zero-order valence-electron chi connectivity index (χ0n) is 19.3. The van der Waals surface area contributed by atoms with Gasteiger partial charge < -0.3 is 19.5 Å². The molecule has 2 fully saturated rings. The molecule has 2 aliphatic rings. The van der Waals surface area contributed by atoms with Crippen molar-refractivity contribution in [3.05, 3.63) is 57.5 Å². The van der Waals surface area contributed by atoms with Gasteiger partial charge >= 0.3 is 0 Å². The minimum absolute atomic E-state index is 0.0355. The molecule has 2 aliphatic heterocycles. The Morgan fingerprint density at radius 1 is 1.34 bits per heavy atom. The lowest BCUT2D eigenvalue weighted by Gasteiger charge is -2.18. The molecule has 7 nitrogen and oxygen atoms in total. The maximum atomic E-state index is 12.9. The third kappa shape index (κ3) is 6.16. The summed E-state index contributed by atoms with van der Waals surface area (Å²) < 4.78 is 17.3. The van der Waals surface area contributed by atoms with Crippen molar-refractivity contribution in [1.82, 2.24) is 4.90 Å². The summed E-state index contributed by atoms with van der Waals surface area (Å²) in [5, 5.41) is 3.37. The van der Waals surface area contributed by atoms with Crippen molar-refractivity contribution in [2.24, 2.45) is 0 Å². The number of hydrogen-bond donors (Lipinski definition) is 1. The van der Waals surface area contributed by atoms with Crippen LogP contribution in [0, 0.1) is 6.92 Å². The Labute approximate surface area is 218 Å². The molecule has 0 saturated carbocycles. The van der Waals surface area contributed by atoms with Crippen LogP contribution in [0.2, 0.25) is 5.02 Å². The summed E-state index contributed by atoms with van der Waals surface area (Å²) in [6.07, 6.45) is 3.75. The Bertz CT molecular complexity index is 1180. The van der Waals surface area contributed by atoms with Gasteiger partial charge in [-0.25, -0.2) is 0 Å². The summed E-state index contributed by atoms with van der Waals surface area (Å²) in [5.41, 5.74) is 2.17. The van der Waals surface area contributed by atoms with Crippen LogP contribution in [-0.2, 0) is 14.3 Å². The van der Waals surface area contributed by atoms with E-state index in [4.69, 9.17) is 38.0 Å². The van der Waals surface area contributed by atoms with Gasteiger partial charge in [-0.2, -0.15) is 0 Å². The molecule has 1 atom stereocenters. The van der Waals surface area contributed by atoms with Crippen molar-refractivity contribution in [2.75, 3.05) is 32.2 Å². The fraction of sp³-hybridized carbons (Fsp3) is 0.320. The van der Waals surface area contributed by atoms with E-state index in [1.165, 1.54) is 18.9 Å². The van der Waals surface area contributed by atoms with Gasteiger partial charge in [-0.3, -0.25) is 14.5 Å². The Morgan fingerprint density at radius 2 is 2.17 bits per heavy atom. The molecule has 0 aliphatic carbocycles. The largest absolute Gasteiger partial charge is 0.493 e. The molecule has 0 bridgehead atoms. The Hall–Kier alpha value is -2.59. The fourth-order valence-electron chi connectivity index (χ4n) is 3.77. The van der Waals surface area contributed by atoms with E-state index in [1.807, 2.05) is 6.92 Å². The first-order valence-corrected chi connectivity index (χ1v) is 12.7. The van der Waals surface area contributed by atoms with Gasteiger partial charge in [0.25, 0.3) is 11.8 Å². The smallest absolute Gasteiger partial charge is 0.266 e. The van der Waals surface area contributed by atoms with Crippen molar-refractivity contribution >= 4 is 63.5 Å². The van der Waals surface area contributed by atoms with E-state index >= 15 is 0 Å². The number of halogens is 1. The molecule has 2 aromatic rings. The summed E-state index contributed by atoms with van der Waals surface area (Å²) in [5.74, 6) is 0.410.